The Morgan fingerprint density at radius 1 is 1.18 bits per heavy atom. The number of hydrogen-bond acceptors (Lipinski definition) is 4. The summed E-state index contributed by atoms with van der Waals surface area (Å²) in [7, 11) is -3.71. The van der Waals surface area contributed by atoms with Crippen LogP contribution in [0.3, 0.4) is 0 Å². The molecule has 2 aromatic heterocycles. The molecule has 0 spiro atoms. The molecule has 3 rings (SSSR count). The summed E-state index contributed by atoms with van der Waals surface area (Å²) in [4.78, 5) is 4.42. The van der Waals surface area contributed by atoms with Gasteiger partial charge in [-0.05, 0) is 38.1 Å². The Balaban J connectivity index is 2.23. The Bertz CT molecular complexity index is 912. The zero-order valence-electron chi connectivity index (χ0n) is 12.4. The van der Waals surface area contributed by atoms with Crippen LogP contribution in [-0.2, 0) is 10.0 Å². The number of benzene rings is 1. The monoisotopic (exact) mass is 316 g/mol. The highest BCUT2D eigenvalue weighted by Gasteiger charge is 2.22. The van der Waals surface area contributed by atoms with E-state index in [-0.39, 0.29) is 4.90 Å². The standard InChI is InChI=1S/C16H16N2O3S/c1-3-21-15-11-18(16-14(15)5-4-10-17-16)22(19,20)13-8-6-12(2)7-9-13/h4-11H,3H2,1-2H3. The molecule has 0 atom stereocenters. The third kappa shape index (κ3) is 2.35. The van der Waals surface area contributed by atoms with Gasteiger partial charge in [0.2, 0.25) is 0 Å². The van der Waals surface area contributed by atoms with Gasteiger partial charge in [0.25, 0.3) is 10.0 Å². The lowest BCUT2D eigenvalue weighted by Gasteiger charge is -2.06. The summed E-state index contributed by atoms with van der Waals surface area (Å²) in [6.07, 6.45) is 3.05. The minimum atomic E-state index is -3.71. The molecule has 5 nitrogen and oxygen atoms in total. The van der Waals surface area contributed by atoms with Gasteiger partial charge < -0.3 is 4.74 Å². The van der Waals surface area contributed by atoms with Gasteiger partial charge in [0.1, 0.15) is 5.75 Å². The highest BCUT2D eigenvalue weighted by atomic mass is 32.2. The van der Waals surface area contributed by atoms with Gasteiger partial charge in [-0.1, -0.05) is 17.7 Å². The van der Waals surface area contributed by atoms with Crippen LogP contribution in [0.25, 0.3) is 11.0 Å². The normalized spacial score (nSPS) is 11.7. The molecule has 114 valence electrons. The van der Waals surface area contributed by atoms with Crippen LogP contribution in [0.2, 0.25) is 0 Å². The van der Waals surface area contributed by atoms with Crippen molar-refractivity contribution in [2.45, 2.75) is 18.7 Å². The van der Waals surface area contributed by atoms with Gasteiger partial charge in [0.05, 0.1) is 23.1 Å². The molecule has 0 radical (unpaired) electrons. The number of aromatic nitrogens is 2. The fourth-order valence-electron chi connectivity index (χ4n) is 2.28. The number of nitrogens with zero attached hydrogens (tertiary/aromatic N) is 2. The first-order valence-corrected chi connectivity index (χ1v) is 8.39. The van der Waals surface area contributed by atoms with Crippen molar-refractivity contribution in [3.8, 4) is 5.75 Å². The van der Waals surface area contributed by atoms with Gasteiger partial charge in [0, 0.05) is 6.20 Å². The zero-order chi connectivity index (χ0) is 15.7. The summed E-state index contributed by atoms with van der Waals surface area (Å²) >= 11 is 0. The van der Waals surface area contributed by atoms with Crippen molar-refractivity contribution >= 4 is 21.1 Å². The molecular formula is C16H16N2O3S. The van der Waals surface area contributed by atoms with Crippen LogP contribution in [0.1, 0.15) is 12.5 Å². The van der Waals surface area contributed by atoms with Gasteiger partial charge in [-0.2, -0.15) is 0 Å². The third-order valence-corrected chi connectivity index (χ3v) is 5.04. The second-order valence-electron chi connectivity index (χ2n) is 4.91. The molecule has 0 fully saturated rings. The van der Waals surface area contributed by atoms with Gasteiger partial charge in [-0.3, -0.25) is 0 Å². The topological polar surface area (TPSA) is 61.2 Å². The third-order valence-electron chi connectivity index (χ3n) is 3.37. The number of rotatable bonds is 4. The van der Waals surface area contributed by atoms with Crippen LogP contribution in [-0.4, -0.2) is 24.0 Å². The van der Waals surface area contributed by atoms with Gasteiger partial charge in [-0.15, -0.1) is 0 Å². The van der Waals surface area contributed by atoms with Crippen molar-refractivity contribution in [1.29, 1.82) is 0 Å². The number of ether oxygens (including phenoxy) is 1. The maximum atomic E-state index is 12.8. The van der Waals surface area contributed by atoms with E-state index in [1.54, 1.807) is 42.6 Å². The summed E-state index contributed by atoms with van der Waals surface area (Å²) in [5.74, 6) is 0.515. The smallest absolute Gasteiger partial charge is 0.269 e. The van der Waals surface area contributed by atoms with E-state index < -0.39 is 10.0 Å². The summed E-state index contributed by atoms with van der Waals surface area (Å²) in [6.45, 7) is 4.23. The molecule has 0 amide bonds. The van der Waals surface area contributed by atoms with Crippen LogP contribution in [0.4, 0.5) is 0 Å². The van der Waals surface area contributed by atoms with E-state index in [4.69, 9.17) is 4.74 Å². The number of hydrogen-bond donors (Lipinski definition) is 0. The molecule has 0 unspecified atom stereocenters. The average Bonchev–Trinajstić information content (AvgIpc) is 2.88. The predicted octanol–water partition coefficient (Wildman–Crippen LogP) is 2.98. The minimum Gasteiger partial charge on any atom is -0.492 e. The van der Waals surface area contributed by atoms with E-state index in [1.807, 2.05) is 13.8 Å². The first kappa shape index (κ1) is 14.6. The van der Waals surface area contributed by atoms with Crippen molar-refractivity contribution in [2.75, 3.05) is 6.61 Å². The maximum Gasteiger partial charge on any atom is 0.269 e. The van der Waals surface area contributed by atoms with Crippen molar-refractivity contribution in [3.63, 3.8) is 0 Å². The molecule has 0 aliphatic heterocycles. The lowest BCUT2D eigenvalue weighted by atomic mass is 10.2. The zero-order valence-corrected chi connectivity index (χ0v) is 13.2. The molecule has 22 heavy (non-hydrogen) atoms. The Hall–Kier alpha value is -2.34. The highest BCUT2D eigenvalue weighted by molar-refractivity contribution is 7.90. The van der Waals surface area contributed by atoms with E-state index in [0.717, 1.165) is 5.56 Å². The van der Waals surface area contributed by atoms with Crippen LogP contribution >= 0.6 is 0 Å². The van der Waals surface area contributed by atoms with Crippen molar-refractivity contribution < 1.29 is 13.2 Å². The molecule has 0 N–H and O–H groups in total. The second kappa shape index (κ2) is 5.46. The Kier molecular flexibility index (Phi) is 3.62. The average molecular weight is 316 g/mol. The molecule has 3 aromatic rings. The second-order valence-corrected chi connectivity index (χ2v) is 6.73. The summed E-state index contributed by atoms with van der Waals surface area (Å²) < 4.78 is 32.4. The van der Waals surface area contributed by atoms with Crippen molar-refractivity contribution in [2.24, 2.45) is 0 Å². The molecule has 2 heterocycles. The predicted molar refractivity (Wildman–Crippen MR) is 84.7 cm³/mol. The van der Waals surface area contributed by atoms with Crippen molar-refractivity contribution in [1.82, 2.24) is 8.96 Å². The minimum absolute atomic E-state index is 0.226. The van der Waals surface area contributed by atoms with Crippen molar-refractivity contribution in [3.05, 3.63) is 54.4 Å². The number of aryl methyl sites for hydroxylation is 1. The van der Waals surface area contributed by atoms with Gasteiger partial charge in [-0.25, -0.2) is 17.4 Å². The molecule has 6 heteroatoms. The fraction of sp³-hybridized carbons (Fsp3) is 0.188. The summed E-state index contributed by atoms with van der Waals surface area (Å²) in [5, 5.41) is 0.681. The van der Waals surface area contributed by atoms with E-state index in [1.165, 1.54) is 10.2 Å². The molecule has 0 bridgehead atoms. The fourth-order valence-corrected chi connectivity index (χ4v) is 3.59. The molecule has 1 aromatic carbocycles. The Labute approximate surface area is 129 Å². The van der Waals surface area contributed by atoms with Crippen LogP contribution in [0, 0.1) is 6.92 Å². The molecule has 0 saturated heterocycles. The Morgan fingerprint density at radius 2 is 1.91 bits per heavy atom. The van der Waals surface area contributed by atoms with E-state index >= 15 is 0 Å². The molecule has 0 aliphatic carbocycles. The molecule has 0 saturated carbocycles. The summed E-state index contributed by atoms with van der Waals surface area (Å²) in [5.41, 5.74) is 1.37. The lowest BCUT2D eigenvalue weighted by molar-refractivity contribution is 0.344. The summed E-state index contributed by atoms with van der Waals surface area (Å²) in [6, 6.07) is 10.3. The highest BCUT2D eigenvalue weighted by Crippen LogP contribution is 2.29. The lowest BCUT2D eigenvalue weighted by Crippen LogP contribution is -2.12. The van der Waals surface area contributed by atoms with Crippen LogP contribution in [0.15, 0.2) is 53.7 Å². The SMILES string of the molecule is CCOc1cn(S(=O)(=O)c2ccc(C)cc2)c2ncccc12. The van der Waals surface area contributed by atoms with E-state index in [9.17, 15) is 8.42 Å². The number of fused-ring (bicyclic) bond motifs is 1. The first-order valence-electron chi connectivity index (χ1n) is 6.95. The maximum absolute atomic E-state index is 12.8. The van der Waals surface area contributed by atoms with Crippen LogP contribution < -0.4 is 4.74 Å². The van der Waals surface area contributed by atoms with Gasteiger partial charge >= 0.3 is 0 Å². The largest absolute Gasteiger partial charge is 0.492 e. The quantitative estimate of drug-likeness (QED) is 0.742. The molecular weight excluding hydrogens is 300 g/mol. The van der Waals surface area contributed by atoms with E-state index in [2.05, 4.69) is 4.98 Å². The van der Waals surface area contributed by atoms with Crippen LogP contribution in [0.5, 0.6) is 5.75 Å². The van der Waals surface area contributed by atoms with E-state index in [0.29, 0.717) is 23.4 Å². The first-order chi connectivity index (χ1) is 10.5. The number of pyridine rings is 1. The molecule has 0 aliphatic rings. The Morgan fingerprint density at radius 3 is 2.59 bits per heavy atom. The van der Waals surface area contributed by atoms with Gasteiger partial charge in [0.15, 0.2) is 5.65 Å².